The number of nitrogens with zero attached hydrogens (tertiary/aromatic N) is 1. The van der Waals surface area contributed by atoms with Crippen LogP contribution in [0.4, 0.5) is 0 Å². The molecule has 3 heterocycles. The maximum absolute atomic E-state index is 10.6. The van der Waals surface area contributed by atoms with Crippen molar-refractivity contribution >= 4 is 131 Å². The van der Waals surface area contributed by atoms with E-state index >= 15 is 0 Å². The molecule has 2 aromatic carbocycles. The van der Waals surface area contributed by atoms with Gasteiger partial charge in [-0.3, -0.25) is 76.7 Å². The molecule has 15 atom stereocenters. The third kappa shape index (κ3) is 87.4. The van der Waals surface area contributed by atoms with Crippen molar-refractivity contribution in [1.29, 1.82) is 0 Å². The molecule has 5 rings (SSSR count). The highest BCUT2D eigenvalue weighted by Crippen LogP contribution is 2.19. The second-order valence-electron chi connectivity index (χ2n) is 27.4. The van der Waals surface area contributed by atoms with Crippen LogP contribution in [0.1, 0.15) is 128 Å². The molecule has 0 bridgehead atoms. The number of para-hydroxylation sites is 1. The van der Waals surface area contributed by atoms with Gasteiger partial charge in [-0.15, -0.1) is 0 Å². The summed E-state index contributed by atoms with van der Waals surface area (Å²) in [6, 6.07) is 6.40. The average molecular weight is 1910 g/mol. The minimum absolute atomic E-state index is 0.0213. The normalized spacial score (nSPS) is 14.2. The predicted molar refractivity (Wildman–Crippen MR) is 480 cm³/mol. The number of thiol groups is 1. The number of aliphatic carboxylic acids is 15. The first-order valence-electron chi connectivity index (χ1n) is 39.0. The monoisotopic (exact) mass is 1910 g/mol. The van der Waals surface area contributed by atoms with Crippen LogP contribution >= 0.6 is 24.4 Å². The van der Waals surface area contributed by atoms with Crippen molar-refractivity contribution in [2.45, 2.75) is 216 Å². The van der Waals surface area contributed by atoms with E-state index in [2.05, 4.69) is 38.6 Å². The Labute approximate surface area is 758 Å². The highest BCUT2D eigenvalue weighted by atomic mass is 32.2. The molecule has 1 saturated heterocycles. The number of aromatic amines is 2. The molecule has 4 aromatic rings. The number of thioether (sulfide) groups is 1. The van der Waals surface area contributed by atoms with Gasteiger partial charge in [0.2, 0.25) is 5.91 Å². The molecule has 50 N–H and O–H groups in total. The van der Waals surface area contributed by atoms with E-state index in [1.807, 2.05) is 94.7 Å². The van der Waals surface area contributed by atoms with Crippen LogP contribution in [0.2, 0.25) is 0 Å². The van der Waals surface area contributed by atoms with Crippen LogP contribution < -0.4 is 91.3 Å². The number of H-pyrrole nitrogens is 2. The SMILES string of the molecule is CC(C)C[C@H](N)C(=O)O.CC[C@H](C)[C@H](N)C(=O)O.CSCC[C@H](N)C(=O)O.C[C@@H](O)[C@H](N)C(=O)O.NC(=O)CC[C@H](N)C(=O)O.NCC(=O)O.NCCCC[C@H](N)C(=O)O.N[C@@H](CCC(=O)O)C(=O)O.N[C@@H](CO)C(=O)O.N[C@@H](CS)C(=O)O.N[C@@H](Cc1c[nH]c2ccccc12)C(=O)O.N[C@@H](Cc1c[nH]cn1)C(=O)O.N[C@@H](Cc1ccccc1)C(=O)O.O=C(O)[C@@H]1CCCN1. The molecule has 1 aliphatic heterocycles. The van der Waals surface area contributed by atoms with Crippen LogP contribution in [-0.2, 0) is 96.0 Å². The zero-order valence-corrected chi connectivity index (χ0v) is 74.8. The van der Waals surface area contributed by atoms with Crippen LogP contribution in [0.25, 0.3) is 10.9 Å². The predicted octanol–water partition coefficient (Wildman–Crippen LogP) is -5.03. The molecule has 0 radical (unpaired) electrons. The van der Waals surface area contributed by atoms with Gasteiger partial charge in [-0.2, -0.15) is 24.4 Å². The zero-order valence-electron chi connectivity index (χ0n) is 73.1. The number of aliphatic hydroxyl groups excluding tert-OH is 2. The Morgan fingerprint density at radius 2 is 0.908 bits per heavy atom. The van der Waals surface area contributed by atoms with Crippen molar-refractivity contribution < 1.29 is 164 Å². The number of benzene rings is 2. The first-order valence-corrected chi connectivity index (χ1v) is 41.0. The summed E-state index contributed by atoms with van der Waals surface area (Å²) in [5.74, 6) is -14.1. The van der Waals surface area contributed by atoms with Gasteiger partial charge in [-0.05, 0) is 119 Å². The molecule has 130 heavy (non-hydrogen) atoms. The minimum atomic E-state index is -1.18. The lowest BCUT2D eigenvalue weighted by molar-refractivity contribution is -0.141. The molecule has 0 spiro atoms. The number of carbonyl (C=O) groups excluding carboxylic acids is 1. The van der Waals surface area contributed by atoms with E-state index < -0.39 is 181 Å². The van der Waals surface area contributed by atoms with Gasteiger partial charge in [-0.1, -0.05) is 89.1 Å². The second-order valence-corrected chi connectivity index (χ2v) is 28.8. The molecule has 748 valence electrons. The highest BCUT2D eigenvalue weighted by molar-refractivity contribution is 7.98. The maximum Gasteiger partial charge on any atom is 0.323 e. The van der Waals surface area contributed by atoms with Crippen LogP contribution in [0, 0.1) is 11.8 Å². The Morgan fingerprint density at radius 3 is 1.20 bits per heavy atom. The van der Waals surface area contributed by atoms with E-state index in [4.69, 9.17) is 167 Å². The Hall–Kier alpha value is -11.3. The Morgan fingerprint density at radius 1 is 0.492 bits per heavy atom. The molecule has 0 unspecified atom stereocenters. The van der Waals surface area contributed by atoms with Gasteiger partial charge in [0.05, 0.1) is 31.3 Å². The average Bonchev–Trinajstić information content (AvgIpc) is 1.69. The number of aliphatic hydroxyl groups is 2. The number of hydrogen-bond acceptors (Lipinski definition) is 36. The number of carbonyl (C=O) groups is 16. The number of fused-ring (bicyclic) bond motifs is 1. The van der Waals surface area contributed by atoms with Crippen molar-refractivity contribution in [3.8, 4) is 0 Å². The number of imidazole rings is 1. The van der Waals surface area contributed by atoms with Crippen molar-refractivity contribution in [3.63, 3.8) is 0 Å². The fourth-order valence-corrected chi connectivity index (χ4v) is 8.13. The van der Waals surface area contributed by atoms with E-state index in [0.717, 1.165) is 66.4 Å². The molecule has 0 aliphatic carbocycles. The quantitative estimate of drug-likeness (QED) is 0.0146. The number of aromatic nitrogens is 3. The third-order valence-corrected chi connectivity index (χ3v) is 16.6. The lowest BCUT2D eigenvalue weighted by atomic mass is 10.0. The summed E-state index contributed by atoms with van der Waals surface area (Å²) >= 11 is 5.25. The van der Waals surface area contributed by atoms with Crippen LogP contribution in [0.5, 0.6) is 0 Å². The third-order valence-electron chi connectivity index (χ3n) is 15.5. The number of carboxylic acids is 15. The number of hydrogen-bond donors (Lipinski definition) is 36. The number of unbranched alkanes of at least 4 members (excludes halogenated alkanes) is 1. The first kappa shape index (κ1) is 137. The van der Waals surface area contributed by atoms with Gasteiger partial charge in [0.1, 0.15) is 78.5 Å². The number of rotatable bonds is 40. The fraction of sp³-hybridized carbons (Fsp3) is 0.566. The second kappa shape index (κ2) is 84.6. The van der Waals surface area contributed by atoms with Crippen LogP contribution in [-0.4, -0.2) is 326 Å². The molecule has 2 aromatic heterocycles. The summed E-state index contributed by atoms with van der Waals surface area (Å²) in [5.41, 5.74) is 79.8. The van der Waals surface area contributed by atoms with Gasteiger partial charge in [-0.25, -0.2) is 4.98 Å². The van der Waals surface area contributed by atoms with E-state index in [9.17, 15) is 76.7 Å². The molecule has 0 saturated carbocycles. The lowest BCUT2D eigenvalue weighted by Crippen LogP contribution is -2.39. The van der Waals surface area contributed by atoms with Crippen molar-refractivity contribution in [1.82, 2.24) is 20.3 Å². The topological polar surface area (TPSA) is 1060 Å². The first-order chi connectivity index (χ1) is 60.1. The lowest BCUT2D eigenvalue weighted by Gasteiger charge is -2.11. The van der Waals surface area contributed by atoms with E-state index in [1.54, 1.807) is 18.0 Å². The highest BCUT2D eigenvalue weighted by Gasteiger charge is 2.23. The van der Waals surface area contributed by atoms with Gasteiger partial charge in [0, 0.05) is 54.7 Å². The van der Waals surface area contributed by atoms with Crippen LogP contribution in [0.15, 0.2) is 73.3 Å². The van der Waals surface area contributed by atoms with Crippen molar-refractivity contribution in [3.05, 3.63) is 90.1 Å². The minimum Gasteiger partial charge on any atom is -0.481 e. The Kier molecular flexibility index (Phi) is 88.9. The Bertz CT molecular complexity index is 3720. The summed E-state index contributed by atoms with van der Waals surface area (Å²) in [7, 11) is 0. The number of carboxylic acid groups (broad SMARTS) is 15. The largest absolute Gasteiger partial charge is 0.481 e. The number of nitrogens with one attached hydrogen (secondary N) is 3. The summed E-state index contributed by atoms with van der Waals surface area (Å²) in [6.45, 7) is 9.66. The van der Waals surface area contributed by atoms with Gasteiger partial charge in [0.25, 0.3) is 0 Å². The fourth-order valence-electron chi connectivity index (χ4n) is 7.48. The standard InChI is InChI=1S/C11H12N2O2.C9H11NO2.C6H9N3O2.C6H14N2O2.2C6H13NO2.C5H10N2O3.C5H9NO4.C5H11NO2S.C5H9NO2.C4H9NO3.C3H7NO3.C3H7NO2S.C2H5NO2/c12-9(11(14)15)5-7-6-13-10-4-2-1-3-8(7)10;10-8(9(11)12)6-7-4-2-1-3-5-7;7-5(6(10)11)1-4-2-8-3-9-4;7-4-2-1-3-5(8)6(9)10;1-4(2)3-5(7)6(8)9;1-3-4(2)5(7)6(8)9;2*6-3(5(9)10)1-2-4(7)8;1-9-3-2-4(6)5(7)8;7-5(8)4-2-1-3-6-4;1-2(6)3(5)4(7)8;4-2(1-5)3(6)7;4-2(1-7)3(5)6;3-1-2(4)5/h1-4,6,9,13H,5,12H2,(H,14,15);1-5,8H,6,10H2,(H,11,12);2-3,5H,1,7H2,(H,8,9)(H,10,11);5H,1-4,7-8H2,(H,9,10);2*4-5H,3,7H2,1-2H3,(H,8,9);3H,1-2,6H2,(H2,7,8)(H,9,10);3H,1-2,6H2,(H,7,8)(H,9,10);4H,2-3,6H2,1H3,(H,7,8);4,6H,1-3H2,(H,7,8);2-3,6H,5H2,1H3,(H,7,8);2,5H,1,4H2,(H,6,7);2,7H,1,4H2,(H,5,6);1,3H2,(H,4,5)/t9-;8-;3*5-;4-,5-;2*3-;2*4-;2-,3+;2*2-;/m0000000000100./s1. The molecular formula is C76H139N19O33S2. The molecule has 1 aliphatic rings. The molecular weight excluding hydrogens is 1770 g/mol. The van der Waals surface area contributed by atoms with E-state index in [-0.39, 0.29) is 56.4 Å². The number of nitrogens with two attached hydrogens (primary N) is 15. The van der Waals surface area contributed by atoms with Crippen molar-refractivity contribution in [2.75, 3.05) is 44.0 Å². The van der Waals surface area contributed by atoms with Gasteiger partial charge in [0.15, 0.2) is 0 Å². The number of amides is 1. The van der Waals surface area contributed by atoms with E-state index in [1.165, 1.54) is 13.3 Å². The van der Waals surface area contributed by atoms with E-state index in [0.29, 0.717) is 50.3 Å². The molecule has 1 fully saturated rings. The molecule has 1 amide bonds. The maximum atomic E-state index is 10.6. The zero-order chi connectivity index (χ0) is 103. The summed E-state index contributed by atoms with van der Waals surface area (Å²) in [6.07, 6.45) is 12.6. The smallest absolute Gasteiger partial charge is 0.323 e. The summed E-state index contributed by atoms with van der Waals surface area (Å²) in [5, 5.41) is 144. The van der Waals surface area contributed by atoms with Gasteiger partial charge < -0.3 is 188 Å². The Balaban J connectivity index is -0.000000174. The summed E-state index contributed by atoms with van der Waals surface area (Å²) in [4.78, 5) is 170. The van der Waals surface area contributed by atoms with Gasteiger partial charge >= 0.3 is 89.5 Å². The molecule has 54 heteroatoms. The number of primary amides is 1. The van der Waals surface area contributed by atoms with Crippen molar-refractivity contribution in [2.24, 2.45) is 97.8 Å². The molecule has 52 nitrogen and oxygen atoms in total. The van der Waals surface area contributed by atoms with Crippen LogP contribution in [0.3, 0.4) is 0 Å². The summed E-state index contributed by atoms with van der Waals surface area (Å²) < 4.78 is 0.